The number of anilines is 1. The first-order chi connectivity index (χ1) is 8.33. The number of fused-ring (bicyclic) bond motifs is 1. The van der Waals surface area contributed by atoms with Crippen LogP contribution in [0.5, 0.6) is 5.75 Å². The van der Waals surface area contributed by atoms with Gasteiger partial charge in [0.25, 0.3) is 0 Å². The largest absolute Gasteiger partial charge is 0.493 e. The number of pyridine rings is 1. The van der Waals surface area contributed by atoms with Crippen LogP contribution in [0.15, 0.2) is 30.5 Å². The Bertz CT molecular complexity index is 560. The number of hydrogen-bond donors (Lipinski definition) is 1. The molecule has 1 aromatic carbocycles. The molecule has 0 fully saturated rings. The van der Waals surface area contributed by atoms with Crippen LogP contribution in [-0.4, -0.2) is 11.6 Å². The fourth-order valence-electron chi connectivity index (χ4n) is 1.63. The summed E-state index contributed by atoms with van der Waals surface area (Å²) in [5, 5.41) is 9.35. The maximum Gasteiger partial charge on any atom is 0.128 e. The van der Waals surface area contributed by atoms with E-state index in [0.717, 1.165) is 23.1 Å². The van der Waals surface area contributed by atoms with Gasteiger partial charge in [-0.05, 0) is 30.7 Å². The molecule has 0 atom stereocenters. The van der Waals surface area contributed by atoms with Crippen LogP contribution in [0.2, 0.25) is 0 Å². The van der Waals surface area contributed by atoms with Gasteiger partial charge >= 0.3 is 0 Å². The molecule has 4 heteroatoms. The van der Waals surface area contributed by atoms with Crippen LogP contribution < -0.4 is 10.5 Å². The van der Waals surface area contributed by atoms with Crippen molar-refractivity contribution in [1.82, 2.24) is 4.98 Å². The van der Waals surface area contributed by atoms with Crippen molar-refractivity contribution < 1.29 is 4.74 Å². The minimum Gasteiger partial charge on any atom is -0.493 e. The van der Waals surface area contributed by atoms with E-state index in [1.165, 1.54) is 0 Å². The minimum atomic E-state index is 0.505. The van der Waals surface area contributed by atoms with Gasteiger partial charge in [-0.2, -0.15) is 5.26 Å². The fourth-order valence-corrected chi connectivity index (χ4v) is 1.63. The molecular weight excluding hydrogens is 214 g/mol. The molecule has 0 saturated carbocycles. The molecule has 0 amide bonds. The third kappa shape index (κ3) is 2.45. The van der Waals surface area contributed by atoms with E-state index in [1.807, 2.05) is 18.2 Å². The number of hydrogen-bond acceptors (Lipinski definition) is 4. The lowest BCUT2D eigenvalue weighted by molar-refractivity contribution is 0.316. The average molecular weight is 227 g/mol. The summed E-state index contributed by atoms with van der Waals surface area (Å²) in [4.78, 5) is 4.23. The van der Waals surface area contributed by atoms with Crippen molar-refractivity contribution in [3.63, 3.8) is 0 Å². The zero-order chi connectivity index (χ0) is 12.1. The first kappa shape index (κ1) is 11.2. The van der Waals surface area contributed by atoms with Gasteiger partial charge in [0.15, 0.2) is 0 Å². The van der Waals surface area contributed by atoms with Crippen LogP contribution in [0.3, 0.4) is 0 Å². The summed E-state index contributed by atoms with van der Waals surface area (Å²) in [5.74, 6) is 0.764. The van der Waals surface area contributed by atoms with E-state index in [-0.39, 0.29) is 0 Å². The number of unbranched alkanes of at least 4 members (excludes halogenated alkanes) is 1. The lowest BCUT2D eigenvalue weighted by Gasteiger charge is -2.09. The number of nitriles is 1. The van der Waals surface area contributed by atoms with Gasteiger partial charge in [0.2, 0.25) is 0 Å². The van der Waals surface area contributed by atoms with Gasteiger partial charge in [-0.15, -0.1) is 0 Å². The van der Waals surface area contributed by atoms with Crippen LogP contribution in [0.4, 0.5) is 5.69 Å². The summed E-state index contributed by atoms with van der Waals surface area (Å²) in [6.07, 6.45) is 2.94. The molecule has 86 valence electrons. The summed E-state index contributed by atoms with van der Waals surface area (Å²) < 4.78 is 5.63. The van der Waals surface area contributed by atoms with E-state index in [1.54, 1.807) is 12.3 Å². The predicted octanol–water partition coefficient (Wildman–Crippen LogP) is 2.50. The Morgan fingerprint density at radius 2 is 2.24 bits per heavy atom. The molecule has 0 aliphatic heterocycles. The summed E-state index contributed by atoms with van der Waals surface area (Å²) in [5.41, 5.74) is 7.24. The highest BCUT2D eigenvalue weighted by molar-refractivity contribution is 5.93. The van der Waals surface area contributed by atoms with Crippen LogP contribution in [-0.2, 0) is 0 Å². The number of ether oxygens (including phenoxy) is 1. The van der Waals surface area contributed by atoms with E-state index in [0.29, 0.717) is 18.7 Å². The monoisotopic (exact) mass is 227 g/mol. The van der Waals surface area contributed by atoms with Crippen LogP contribution in [0.25, 0.3) is 10.9 Å². The molecule has 0 bridgehead atoms. The summed E-state index contributed by atoms with van der Waals surface area (Å²) in [7, 11) is 0. The molecule has 17 heavy (non-hydrogen) atoms. The highest BCUT2D eigenvalue weighted by Crippen LogP contribution is 2.28. The molecule has 0 saturated heterocycles. The first-order valence-electron chi connectivity index (χ1n) is 5.46. The number of rotatable bonds is 4. The Labute approximate surface area is 99.6 Å². The highest BCUT2D eigenvalue weighted by Gasteiger charge is 2.05. The number of nitrogens with two attached hydrogens (primary N) is 1. The van der Waals surface area contributed by atoms with Crippen molar-refractivity contribution in [1.29, 1.82) is 5.26 Å². The Balaban J connectivity index is 2.23. The molecule has 2 N–H and O–H groups in total. The standard InChI is InChI=1S/C13H13N3O/c14-7-1-2-9-17-12-6-5-11(15)13-10(12)4-3-8-16-13/h3-6,8H,1-2,9,15H2. The van der Waals surface area contributed by atoms with Gasteiger partial charge in [-0.1, -0.05) is 0 Å². The second-order valence-electron chi connectivity index (χ2n) is 3.66. The van der Waals surface area contributed by atoms with Crippen molar-refractivity contribution in [2.45, 2.75) is 12.8 Å². The van der Waals surface area contributed by atoms with Gasteiger partial charge in [-0.25, -0.2) is 0 Å². The lowest BCUT2D eigenvalue weighted by atomic mass is 10.2. The number of nitrogens with zero attached hydrogens (tertiary/aromatic N) is 2. The molecule has 0 spiro atoms. The average Bonchev–Trinajstić information content (AvgIpc) is 2.37. The van der Waals surface area contributed by atoms with Crippen LogP contribution in [0, 0.1) is 11.3 Å². The molecule has 2 aromatic rings. The normalized spacial score (nSPS) is 10.1. The van der Waals surface area contributed by atoms with E-state index in [4.69, 9.17) is 15.7 Å². The van der Waals surface area contributed by atoms with E-state index in [2.05, 4.69) is 11.1 Å². The topological polar surface area (TPSA) is 71.9 Å². The zero-order valence-electron chi connectivity index (χ0n) is 9.39. The SMILES string of the molecule is N#CCCCOc1ccc(N)c2ncccc12. The van der Waals surface area contributed by atoms with Crippen molar-refractivity contribution >= 4 is 16.6 Å². The van der Waals surface area contributed by atoms with Gasteiger partial charge in [-0.3, -0.25) is 4.98 Å². The first-order valence-corrected chi connectivity index (χ1v) is 5.46. The van der Waals surface area contributed by atoms with Crippen molar-refractivity contribution in [3.05, 3.63) is 30.5 Å². The smallest absolute Gasteiger partial charge is 0.128 e. The predicted molar refractivity (Wildman–Crippen MR) is 66.5 cm³/mol. The second-order valence-corrected chi connectivity index (χ2v) is 3.66. The molecule has 0 aliphatic carbocycles. The summed E-state index contributed by atoms with van der Waals surface area (Å²) in [6.45, 7) is 0.529. The number of nitrogen functional groups attached to an aromatic ring is 1. The molecule has 1 heterocycles. The summed E-state index contributed by atoms with van der Waals surface area (Å²) >= 11 is 0. The summed E-state index contributed by atoms with van der Waals surface area (Å²) in [6, 6.07) is 9.49. The van der Waals surface area contributed by atoms with E-state index < -0.39 is 0 Å². The molecule has 0 unspecified atom stereocenters. The number of benzene rings is 1. The van der Waals surface area contributed by atoms with Gasteiger partial charge in [0, 0.05) is 18.0 Å². The van der Waals surface area contributed by atoms with Gasteiger partial charge in [0.05, 0.1) is 23.9 Å². The maximum absolute atomic E-state index is 8.44. The Morgan fingerprint density at radius 1 is 1.35 bits per heavy atom. The maximum atomic E-state index is 8.44. The van der Waals surface area contributed by atoms with Crippen LogP contribution in [0.1, 0.15) is 12.8 Å². The molecule has 0 aliphatic rings. The van der Waals surface area contributed by atoms with Crippen molar-refractivity contribution in [3.8, 4) is 11.8 Å². The third-order valence-electron chi connectivity index (χ3n) is 2.45. The molecule has 1 aromatic heterocycles. The van der Waals surface area contributed by atoms with E-state index >= 15 is 0 Å². The van der Waals surface area contributed by atoms with Gasteiger partial charge in [0.1, 0.15) is 5.75 Å². The molecule has 4 nitrogen and oxygen atoms in total. The molecule has 0 radical (unpaired) electrons. The van der Waals surface area contributed by atoms with Crippen LogP contribution >= 0.6 is 0 Å². The zero-order valence-corrected chi connectivity index (χ0v) is 9.39. The molecular formula is C13H13N3O. The minimum absolute atomic E-state index is 0.505. The Morgan fingerprint density at radius 3 is 3.06 bits per heavy atom. The number of aromatic nitrogens is 1. The third-order valence-corrected chi connectivity index (χ3v) is 2.45. The highest BCUT2D eigenvalue weighted by atomic mass is 16.5. The van der Waals surface area contributed by atoms with Crippen molar-refractivity contribution in [2.24, 2.45) is 0 Å². The quantitative estimate of drug-likeness (QED) is 0.643. The van der Waals surface area contributed by atoms with E-state index in [9.17, 15) is 0 Å². The Kier molecular flexibility index (Phi) is 3.41. The van der Waals surface area contributed by atoms with Crippen molar-refractivity contribution in [2.75, 3.05) is 12.3 Å². The fraction of sp³-hybridized carbons (Fsp3) is 0.231. The Hall–Kier alpha value is -2.28. The van der Waals surface area contributed by atoms with Gasteiger partial charge < -0.3 is 10.5 Å². The molecule has 2 rings (SSSR count). The lowest BCUT2D eigenvalue weighted by Crippen LogP contribution is -1.99. The second kappa shape index (κ2) is 5.17.